The molecule has 4 bridgehead atoms. The first-order chi connectivity index (χ1) is 13.5. The van der Waals surface area contributed by atoms with Crippen LogP contribution in [0.25, 0.3) is 0 Å². The third-order valence-electron chi connectivity index (χ3n) is 7.69. The van der Waals surface area contributed by atoms with Crippen molar-refractivity contribution in [3.8, 4) is 0 Å². The molecule has 4 saturated carbocycles. The first-order valence-corrected chi connectivity index (χ1v) is 11.3. The van der Waals surface area contributed by atoms with Gasteiger partial charge in [-0.2, -0.15) is 0 Å². The fraction of sp³-hybridized carbons (Fsp3) is 0.708. The number of hydrogen-bond acceptors (Lipinski definition) is 3. The zero-order chi connectivity index (χ0) is 19.3. The Labute approximate surface area is 169 Å². The molecule has 1 amide bonds. The summed E-state index contributed by atoms with van der Waals surface area (Å²) in [5, 5.41) is 3.35. The van der Waals surface area contributed by atoms with Crippen LogP contribution in [-0.2, 0) is 16.1 Å². The van der Waals surface area contributed by atoms with E-state index in [-0.39, 0.29) is 24.0 Å². The summed E-state index contributed by atoms with van der Waals surface area (Å²) in [6.07, 6.45) is 7.11. The summed E-state index contributed by atoms with van der Waals surface area (Å²) in [5.74, 6) is 3.59. The van der Waals surface area contributed by atoms with Gasteiger partial charge in [0.25, 0.3) is 0 Å². The molecule has 0 spiro atoms. The number of rotatable bonds is 4. The summed E-state index contributed by atoms with van der Waals surface area (Å²) in [5.41, 5.74) is 2.23. The van der Waals surface area contributed by atoms with Crippen molar-refractivity contribution in [1.82, 2.24) is 4.90 Å². The molecule has 2 atom stereocenters. The number of nitrogens with zero attached hydrogens (tertiary/aromatic N) is 1. The smallest absolute Gasteiger partial charge is 0.228 e. The van der Waals surface area contributed by atoms with Gasteiger partial charge in [-0.05, 0) is 81.3 Å². The van der Waals surface area contributed by atoms with Crippen LogP contribution in [0.15, 0.2) is 24.3 Å². The molecule has 1 heterocycles. The predicted molar refractivity (Wildman–Crippen MR) is 111 cm³/mol. The largest absolute Gasteiger partial charge is 0.373 e. The maximum atomic E-state index is 13.3. The number of nitrogens with one attached hydrogen (secondary N) is 1. The average Bonchev–Trinajstić information content (AvgIpc) is 2.61. The van der Waals surface area contributed by atoms with Gasteiger partial charge >= 0.3 is 0 Å². The van der Waals surface area contributed by atoms with Gasteiger partial charge in [-0.1, -0.05) is 18.2 Å². The van der Waals surface area contributed by atoms with E-state index in [0.29, 0.717) is 11.8 Å². The van der Waals surface area contributed by atoms with E-state index in [1.165, 1.54) is 37.7 Å². The summed E-state index contributed by atoms with van der Waals surface area (Å²) < 4.78 is 5.87. The van der Waals surface area contributed by atoms with Crippen molar-refractivity contribution in [1.29, 1.82) is 0 Å². The first-order valence-electron chi connectivity index (χ1n) is 11.3. The number of para-hydroxylation sites is 1. The van der Waals surface area contributed by atoms with Crippen LogP contribution in [0.5, 0.6) is 0 Å². The van der Waals surface area contributed by atoms with E-state index in [4.69, 9.17) is 4.74 Å². The van der Waals surface area contributed by atoms with Gasteiger partial charge in [0.15, 0.2) is 0 Å². The lowest BCUT2D eigenvalue weighted by Gasteiger charge is -2.53. The lowest BCUT2D eigenvalue weighted by molar-refractivity contribution is -0.132. The van der Waals surface area contributed by atoms with Crippen LogP contribution in [0, 0.1) is 29.6 Å². The van der Waals surface area contributed by atoms with Crippen LogP contribution in [0.1, 0.15) is 51.5 Å². The highest BCUT2D eigenvalue weighted by molar-refractivity contribution is 5.93. The van der Waals surface area contributed by atoms with E-state index in [1.54, 1.807) is 0 Å². The van der Waals surface area contributed by atoms with Gasteiger partial charge in [0, 0.05) is 31.2 Å². The van der Waals surface area contributed by atoms with E-state index in [0.717, 1.165) is 37.2 Å². The van der Waals surface area contributed by atoms with Gasteiger partial charge in [-0.15, -0.1) is 0 Å². The van der Waals surface area contributed by atoms with Crippen molar-refractivity contribution >= 4 is 11.6 Å². The van der Waals surface area contributed by atoms with Crippen LogP contribution in [-0.4, -0.2) is 36.1 Å². The normalized spacial score (nSPS) is 39.9. The Kier molecular flexibility index (Phi) is 4.96. The highest BCUT2D eigenvalue weighted by Gasteiger charge is 2.50. The van der Waals surface area contributed by atoms with Crippen molar-refractivity contribution < 1.29 is 9.53 Å². The molecule has 6 rings (SSSR count). The molecule has 5 aliphatic rings. The molecule has 4 nitrogen and oxygen atoms in total. The zero-order valence-electron chi connectivity index (χ0n) is 17.3. The van der Waals surface area contributed by atoms with Gasteiger partial charge in [-0.25, -0.2) is 0 Å². The van der Waals surface area contributed by atoms with Crippen molar-refractivity contribution in [2.75, 3.05) is 18.4 Å². The zero-order valence-corrected chi connectivity index (χ0v) is 17.3. The lowest BCUT2D eigenvalue weighted by Crippen LogP contribution is -2.49. The van der Waals surface area contributed by atoms with Crippen molar-refractivity contribution in [2.24, 2.45) is 29.6 Å². The molecule has 2 unspecified atom stereocenters. The summed E-state index contributed by atoms with van der Waals surface area (Å²) in [6.45, 7) is 7.05. The molecule has 1 saturated heterocycles. The second-order valence-corrected chi connectivity index (χ2v) is 10.1. The van der Waals surface area contributed by atoms with Crippen molar-refractivity contribution in [2.45, 2.75) is 64.7 Å². The van der Waals surface area contributed by atoms with E-state index in [2.05, 4.69) is 42.3 Å². The Morgan fingerprint density at radius 2 is 1.61 bits per heavy atom. The van der Waals surface area contributed by atoms with Crippen molar-refractivity contribution in [3.05, 3.63) is 29.8 Å². The molecule has 28 heavy (non-hydrogen) atoms. The Balaban J connectivity index is 1.29. The number of anilines is 1. The SMILES string of the molecule is CC1CN(Cc2ccccc2NC(=O)C2C3CC4CC(C3)CC2C4)CC(C)O1. The van der Waals surface area contributed by atoms with Crippen molar-refractivity contribution in [3.63, 3.8) is 0 Å². The maximum Gasteiger partial charge on any atom is 0.228 e. The minimum Gasteiger partial charge on any atom is -0.373 e. The maximum absolute atomic E-state index is 13.3. The molecule has 1 aliphatic heterocycles. The van der Waals surface area contributed by atoms with Crippen LogP contribution in [0.2, 0.25) is 0 Å². The number of carbonyl (C=O) groups excluding carboxylic acids is 1. The lowest BCUT2D eigenvalue weighted by atomic mass is 9.51. The van der Waals surface area contributed by atoms with E-state index < -0.39 is 0 Å². The molecule has 1 N–H and O–H groups in total. The Morgan fingerprint density at radius 1 is 1.00 bits per heavy atom. The molecular formula is C24H34N2O2. The molecule has 0 radical (unpaired) electrons. The highest BCUT2D eigenvalue weighted by atomic mass is 16.5. The summed E-state index contributed by atoms with van der Waals surface area (Å²) in [4.78, 5) is 15.8. The Morgan fingerprint density at radius 3 is 2.25 bits per heavy atom. The number of ether oxygens (including phenoxy) is 1. The molecule has 152 valence electrons. The van der Waals surface area contributed by atoms with Gasteiger partial charge in [0.1, 0.15) is 0 Å². The van der Waals surface area contributed by atoms with E-state index >= 15 is 0 Å². The quantitative estimate of drug-likeness (QED) is 0.844. The molecular weight excluding hydrogens is 348 g/mol. The molecule has 0 aromatic heterocycles. The predicted octanol–water partition coefficient (Wildman–Crippen LogP) is 4.31. The number of amides is 1. The summed E-state index contributed by atoms with van der Waals surface area (Å²) in [7, 11) is 0. The number of hydrogen-bond donors (Lipinski definition) is 1. The summed E-state index contributed by atoms with van der Waals surface area (Å²) >= 11 is 0. The number of carbonyl (C=O) groups is 1. The third kappa shape index (κ3) is 3.61. The second-order valence-electron chi connectivity index (χ2n) is 10.1. The Hall–Kier alpha value is -1.39. The van der Waals surface area contributed by atoms with Crippen LogP contribution >= 0.6 is 0 Å². The highest BCUT2D eigenvalue weighted by Crippen LogP contribution is 2.56. The first kappa shape index (κ1) is 18.6. The molecule has 5 fully saturated rings. The minimum absolute atomic E-state index is 0.240. The number of benzene rings is 1. The third-order valence-corrected chi connectivity index (χ3v) is 7.69. The fourth-order valence-corrected chi connectivity index (χ4v) is 7.00. The molecule has 4 aliphatic carbocycles. The van der Waals surface area contributed by atoms with Gasteiger partial charge in [-0.3, -0.25) is 9.69 Å². The molecule has 1 aromatic rings. The topological polar surface area (TPSA) is 41.6 Å². The van der Waals surface area contributed by atoms with Gasteiger partial charge < -0.3 is 10.1 Å². The number of morpholine rings is 1. The fourth-order valence-electron chi connectivity index (χ4n) is 7.00. The monoisotopic (exact) mass is 382 g/mol. The van der Waals surface area contributed by atoms with E-state index in [9.17, 15) is 4.79 Å². The second kappa shape index (κ2) is 7.46. The standard InChI is InChI=1S/C24H34N2O2/c1-15-12-26(13-16(2)28-15)14-19-5-3-4-6-22(19)25-24(27)23-20-8-17-7-18(10-20)11-21(23)9-17/h3-6,15-18,20-21,23H,7-14H2,1-2H3,(H,25,27). The van der Waals surface area contributed by atoms with Gasteiger partial charge in [0.2, 0.25) is 5.91 Å². The van der Waals surface area contributed by atoms with Crippen LogP contribution in [0.4, 0.5) is 5.69 Å². The minimum atomic E-state index is 0.240. The summed E-state index contributed by atoms with van der Waals surface area (Å²) in [6, 6.07) is 8.37. The van der Waals surface area contributed by atoms with Crippen LogP contribution in [0.3, 0.4) is 0 Å². The van der Waals surface area contributed by atoms with Crippen LogP contribution < -0.4 is 5.32 Å². The van der Waals surface area contributed by atoms with E-state index in [1.807, 2.05) is 6.07 Å². The van der Waals surface area contributed by atoms with Gasteiger partial charge in [0.05, 0.1) is 12.2 Å². The molecule has 1 aromatic carbocycles. The molecule has 4 heteroatoms. The Bertz CT molecular complexity index is 695. The average molecular weight is 383 g/mol.